The molecule has 2 aliphatic heterocycles. The van der Waals surface area contributed by atoms with Crippen molar-refractivity contribution in [3.63, 3.8) is 0 Å². The van der Waals surface area contributed by atoms with E-state index in [4.69, 9.17) is 0 Å². The maximum Gasteiger partial charge on any atom is 0.240 e. The molecule has 3 nitrogen and oxygen atoms in total. The molecular weight excluding hydrogens is 236 g/mol. The monoisotopic (exact) mass is 256 g/mol. The summed E-state index contributed by atoms with van der Waals surface area (Å²) in [6, 6.07) is 8.33. The smallest absolute Gasteiger partial charge is 0.240 e. The van der Waals surface area contributed by atoms with Gasteiger partial charge in [0, 0.05) is 19.6 Å². The van der Waals surface area contributed by atoms with Crippen molar-refractivity contribution in [1.29, 1.82) is 0 Å². The lowest BCUT2D eigenvalue weighted by Gasteiger charge is -2.32. The van der Waals surface area contributed by atoms with Crippen molar-refractivity contribution in [1.82, 2.24) is 10.2 Å². The number of hydrogen-bond donors (Lipinski definition) is 1. The second kappa shape index (κ2) is 5.17. The number of fused-ring (bicyclic) bond motifs is 1. The molecule has 0 fully saturated rings. The molecular formula is C16H20N2O. The van der Waals surface area contributed by atoms with Crippen LogP contribution in [-0.4, -0.2) is 29.9 Å². The van der Waals surface area contributed by atoms with Crippen molar-refractivity contribution in [3.05, 3.63) is 47.0 Å². The van der Waals surface area contributed by atoms with Gasteiger partial charge >= 0.3 is 0 Å². The Hall–Kier alpha value is -1.61. The SMILES string of the molecule is CC1=CCCN(C(=O)[C@@H]2Cc3ccccc3CN2)C1. The first kappa shape index (κ1) is 12.4. The molecule has 19 heavy (non-hydrogen) atoms. The van der Waals surface area contributed by atoms with Gasteiger partial charge in [-0.1, -0.05) is 35.9 Å². The van der Waals surface area contributed by atoms with Gasteiger partial charge in [0.05, 0.1) is 6.04 Å². The second-order valence-corrected chi connectivity index (χ2v) is 5.51. The lowest BCUT2D eigenvalue weighted by Crippen LogP contribution is -2.50. The van der Waals surface area contributed by atoms with E-state index < -0.39 is 0 Å². The maximum atomic E-state index is 12.5. The highest BCUT2D eigenvalue weighted by Crippen LogP contribution is 2.18. The van der Waals surface area contributed by atoms with Crippen LogP contribution in [0.15, 0.2) is 35.9 Å². The Balaban J connectivity index is 1.71. The predicted molar refractivity (Wildman–Crippen MR) is 75.7 cm³/mol. The van der Waals surface area contributed by atoms with Crippen LogP contribution in [0.1, 0.15) is 24.5 Å². The van der Waals surface area contributed by atoms with Gasteiger partial charge in [0.1, 0.15) is 0 Å². The molecule has 0 unspecified atom stereocenters. The minimum atomic E-state index is -0.0548. The molecule has 0 aromatic heterocycles. The van der Waals surface area contributed by atoms with Crippen molar-refractivity contribution >= 4 is 5.91 Å². The van der Waals surface area contributed by atoms with Gasteiger partial charge < -0.3 is 10.2 Å². The Morgan fingerprint density at radius 1 is 1.32 bits per heavy atom. The normalized spacial score (nSPS) is 22.7. The third kappa shape index (κ3) is 2.56. The summed E-state index contributed by atoms with van der Waals surface area (Å²) in [6.07, 6.45) is 4.03. The molecule has 100 valence electrons. The fraction of sp³-hybridized carbons (Fsp3) is 0.438. The van der Waals surface area contributed by atoms with E-state index in [1.807, 2.05) is 4.90 Å². The average molecular weight is 256 g/mol. The van der Waals surface area contributed by atoms with Crippen LogP contribution in [0.3, 0.4) is 0 Å². The van der Waals surface area contributed by atoms with E-state index in [2.05, 4.69) is 42.6 Å². The third-order valence-corrected chi connectivity index (χ3v) is 4.02. The molecule has 1 atom stereocenters. The zero-order valence-corrected chi connectivity index (χ0v) is 11.4. The van der Waals surface area contributed by atoms with E-state index in [-0.39, 0.29) is 11.9 Å². The number of carbonyl (C=O) groups excluding carboxylic acids is 1. The number of hydrogen-bond acceptors (Lipinski definition) is 2. The number of carbonyl (C=O) groups is 1. The number of nitrogens with one attached hydrogen (secondary N) is 1. The zero-order chi connectivity index (χ0) is 13.2. The molecule has 0 spiro atoms. The van der Waals surface area contributed by atoms with Crippen LogP contribution < -0.4 is 5.32 Å². The summed E-state index contributed by atoms with van der Waals surface area (Å²) in [4.78, 5) is 14.5. The molecule has 2 heterocycles. The van der Waals surface area contributed by atoms with Crippen LogP contribution >= 0.6 is 0 Å². The lowest BCUT2D eigenvalue weighted by atomic mass is 9.95. The van der Waals surface area contributed by atoms with Crippen LogP contribution in [0.25, 0.3) is 0 Å². The second-order valence-electron chi connectivity index (χ2n) is 5.51. The van der Waals surface area contributed by atoms with E-state index in [0.29, 0.717) is 0 Å². The molecule has 1 aromatic carbocycles. The molecule has 0 aliphatic carbocycles. The summed E-state index contributed by atoms with van der Waals surface area (Å²) < 4.78 is 0. The summed E-state index contributed by atoms with van der Waals surface area (Å²) in [6.45, 7) is 4.55. The molecule has 3 heteroatoms. The van der Waals surface area contributed by atoms with Gasteiger partial charge in [-0.25, -0.2) is 0 Å². The molecule has 0 saturated heterocycles. The molecule has 2 aliphatic rings. The highest BCUT2D eigenvalue weighted by atomic mass is 16.2. The Morgan fingerprint density at radius 3 is 2.89 bits per heavy atom. The number of rotatable bonds is 1. The van der Waals surface area contributed by atoms with Gasteiger partial charge in [-0.2, -0.15) is 0 Å². The first-order valence-corrected chi connectivity index (χ1v) is 6.98. The molecule has 3 rings (SSSR count). The lowest BCUT2D eigenvalue weighted by molar-refractivity contribution is -0.133. The van der Waals surface area contributed by atoms with Crippen LogP contribution in [0, 0.1) is 0 Å². The topological polar surface area (TPSA) is 32.3 Å². The first-order valence-electron chi connectivity index (χ1n) is 6.98. The molecule has 0 saturated carbocycles. The van der Waals surface area contributed by atoms with Gasteiger partial charge in [-0.15, -0.1) is 0 Å². The summed E-state index contributed by atoms with van der Waals surface area (Å²) >= 11 is 0. The molecule has 1 aromatic rings. The molecule has 1 N–H and O–H groups in total. The van der Waals surface area contributed by atoms with Crippen molar-refractivity contribution in [2.75, 3.05) is 13.1 Å². The van der Waals surface area contributed by atoms with Gasteiger partial charge in [-0.05, 0) is 30.9 Å². The minimum Gasteiger partial charge on any atom is -0.337 e. The van der Waals surface area contributed by atoms with Crippen LogP contribution in [0.2, 0.25) is 0 Å². The van der Waals surface area contributed by atoms with Crippen LogP contribution in [0.4, 0.5) is 0 Å². The molecule has 0 bridgehead atoms. The fourth-order valence-electron chi connectivity index (χ4n) is 2.95. The van der Waals surface area contributed by atoms with Gasteiger partial charge in [0.25, 0.3) is 0 Å². The van der Waals surface area contributed by atoms with Gasteiger partial charge in [0.2, 0.25) is 5.91 Å². The molecule has 0 radical (unpaired) electrons. The van der Waals surface area contributed by atoms with E-state index in [1.165, 1.54) is 16.7 Å². The maximum absolute atomic E-state index is 12.5. The Morgan fingerprint density at radius 2 is 2.11 bits per heavy atom. The van der Waals surface area contributed by atoms with Crippen molar-refractivity contribution in [2.24, 2.45) is 0 Å². The van der Waals surface area contributed by atoms with Gasteiger partial charge in [0.15, 0.2) is 0 Å². The molecule has 1 amide bonds. The highest BCUT2D eigenvalue weighted by molar-refractivity contribution is 5.83. The van der Waals surface area contributed by atoms with E-state index in [9.17, 15) is 4.79 Å². The quantitative estimate of drug-likeness (QED) is 0.778. The third-order valence-electron chi connectivity index (χ3n) is 4.02. The van der Waals surface area contributed by atoms with Crippen LogP contribution in [-0.2, 0) is 17.8 Å². The van der Waals surface area contributed by atoms with Crippen molar-refractivity contribution < 1.29 is 4.79 Å². The van der Waals surface area contributed by atoms with E-state index in [1.54, 1.807) is 0 Å². The van der Waals surface area contributed by atoms with Crippen molar-refractivity contribution in [2.45, 2.75) is 32.4 Å². The fourth-order valence-corrected chi connectivity index (χ4v) is 2.95. The van der Waals surface area contributed by atoms with Gasteiger partial charge in [-0.3, -0.25) is 4.79 Å². The number of nitrogens with zero attached hydrogens (tertiary/aromatic N) is 1. The number of benzene rings is 1. The summed E-state index contributed by atoms with van der Waals surface area (Å²) in [5.41, 5.74) is 3.93. The summed E-state index contributed by atoms with van der Waals surface area (Å²) in [5.74, 6) is 0.252. The minimum absolute atomic E-state index is 0.0548. The Labute approximate surface area is 114 Å². The summed E-state index contributed by atoms with van der Waals surface area (Å²) in [5, 5.41) is 3.38. The van der Waals surface area contributed by atoms with Crippen LogP contribution in [0.5, 0.6) is 0 Å². The zero-order valence-electron chi connectivity index (χ0n) is 11.4. The average Bonchev–Trinajstić information content (AvgIpc) is 2.46. The highest BCUT2D eigenvalue weighted by Gasteiger charge is 2.28. The largest absolute Gasteiger partial charge is 0.337 e. The Bertz CT molecular complexity index is 521. The van der Waals surface area contributed by atoms with Crippen molar-refractivity contribution in [3.8, 4) is 0 Å². The number of amides is 1. The summed E-state index contributed by atoms with van der Waals surface area (Å²) in [7, 11) is 0. The standard InChI is InChI=1S/C16H20N2O/c1-12-5-4-8-18(11-12)16(19)15-9-13-6-2-3-7-14(13)10-17-15/h2-3,5-7,15,17H,4,8-11H2,1H3/t15-/m0/s1. The Kier molecular flexibility index (Phi) is 3.38. The van der Waals surface area contributed by atoms with E-state index in [0.717, 1.165) is 32.5 Å². The predicted octanol–water partition coefficient (Wildman–Crippen LogP) is 1.88. The van der Waals surface area contributed by atoms with E-state index >= 15 is 0 Å². The first-order chi connectivity index (χ1) is 9.24.